The third-order valence-corrected chi connectivity index (χ3v) is 3.89. The van der Waals surface area contributed by atoms with Crippen LogP contribution in [-0.4, -0.2) is 35.0 Å². The summed E-state index contributed by atoms with van der Waals surface area (Å²) >= 11 is 5.87. The number of aromatic nitrogens is 2. The summed E-state index contributed by atoms with van der Waals surface area (Å²) in [6, 6.07) is 0. The number of anilines is 2. The van der Waals surface area contributed by atoms with Gasteiger partial charge in [0.05, 0.1) is 6.20 Å². The molecule has 18 heavy (non-hydrogen) atoms. The largest absolute Gasteiger partial charge is 0.341 e. The van der Waals surface area contributed by atoms with Gasteiger partial charge in [0, 0.05) is 13.6 Å². The summed E-state index contributed by atoms with van der Waals surface area (Å²) in [6.07, 6.45) is 2.31. The Balaban J connectivity index is 2.66. The Bertz CT molecular complexity index is 493. The fourth-order valence-corrected chi connectivity index (χ4v) is 2.57. The van der Waals surface area contributed by atoms with Gasteiger partial charge in [0.1, 0.15) is 11.2 Å². The molecule has 0 spiro atoms. The van der Waals surface area contributed by atoms with Crippen LogP contribution < -0.4 is 9.80 Å². The topological polar surface area (TPSA) is 49.3 Å². The van der Waals surface area contributed by atoms with Gasteiger partial charge >= 0.3 is 0 Å². The van der Waals surface area contributed by atoms with Crippen molar-refractivity contribution in [2.45, 2.75) is 32.7 Å². The normalized spacial score (nSPS) is 23.3. The first kappa shape index (κ1) is 13.1. The van der Waals surface area contributed by atoms with E-state index in [2.05, 4.69) is 9.97 Å². The van der Waals surface area contributed by atoms with Gasteiger partial charge in [0.25, 0.3) is 5.91 Å². The highest BCUT2D eigenvalue weighted by Gasteiger charge is 2.45. The SMILES string of the molecule is CCN1c2nc(Cl)ncc2N(C)C(=O)[C@]1(C)CC. The van der Waals surface area contributed by atoms with Crippen LogP contribution in [-0.2, 0) is 4.79 Å². The summed E-state index contributed by atoms with van der Waals surface area (Å²) in [6.45, 7) is 6.65. The zero-order chi connectivity index (χ0) is 13.5. The Morgan fingerprint density at radius 2 is 2.11 bits per heavy atom. The van der Waals surface area contributed by atoms with Crippen molar-refractivity contribution in [3.05, 3.63) is 11.5 Å². The highest BCUT2D eigenvalue weighted by Crippen LogP contribution is 2.39. The van der Waals surface area contributed by atoms with Crippen LogP contribution >= 0.6 is 11.6 Å². The van der Waals surface area contributed by atoms with Gasteiger partial charge < -0.3 is 9.80 Å². The van der Waals surface area contributed by atoms with Crippen LogP contribution in [0.5, 0.6) is 0 Å². The van der Waals surface area contributed by atoms with Crippen LogP contribution in [0.15, 0.2) is 6.20 Å². The lowest BCUT2D eigenvalue weighted by atomic mass is 9.91. The molecule has 2 heterocycles. The van der Waals surface area contributed by atoms with Crippen LogP contribution in [0.1, 0.15) is 27.2 Å². The van der Waals surface area contributed by atoms with Gasteiger partial charge in [-0.2, -0.15) is 4.98 Å². The highest BCUT2D eigenvalue weighted by molar-refractivity contribution is 6.28. The minimum atomic E-state index is -0.575. The quantitative estimate of drug-likeness (QED) is 0.771. The molecule has 2 rings (SSSR count). The minimum Gasteiger partial charge on any atom is -0.341 e. The Morgan fingerprint density at radius 1 is 1.44 bits per heavy atom. The number of halogens is 1. The standard InChI is InChI=1S/C12H17ClN4O/c1-5-12(3)10(18)16(4)8-7-14-11(13)15-9(8)17(12)6-2/h7H,5-6H2,1-4H3/t12-/m0/s1. The summed E-state index contributed by atoms with van der Waals surface area (Å²) in [4.78, 5) is 24.3. The van der Waals surface area contributed by atoms with Crippen molar-refractivity contribution in [1.82, 2.24) is 9.97 Å². The summed E-state index contributed by atoms with van der Waals surface area (Å²) in [5.74, 6) is 0.786. The number of hydrogen-bond acceptors (Lipinski definition) is 4. The molecular weight excluding hydrogens is 252 g/mol. The molecule has 0 aliphatic carbocycles. The minimum absolute atomic E-state index is 0.0604. The second-order valence-electron chi connectivity index (χ2n) is 4.58. The third kappa shape index (κ3) is 1.65. The van der Waals surface area contributed by atoms with Crippen molar-refractivity contribution in [3.8, 4) is 0 Å². The molecule has 0 fully saturated rings. The maximum Gasteiger partial charge on any atom is 0.252 e. The zero-order valence-electron chi connectivity index (χ0n) is 11.1. The van der Waals surface area contributed by atoms with Crippen molar-refractivity contribution in [2.24, 2.45) is 0 Å². The predicted molar refractivity (Wildman–Crippen MR) is 72.2 cm³/mol. The first-order valence-corrected chi connectivity index (χ1v) is 6.41. The maximum atomic E-state index is 12.5. The van der Waals surface area contributed by atoms with Crippen molar-refractivity contribution in [3.63, 3.8) is 0 Å². The van der Waals surface area contributed by atoms with Crippen molar-refractivity contribution in [2.75, 3.05) is 23.4 Å². The monoisotopic (exact) mass is 268 g/mol. The average molecular weight is 269 g/mol. The Kier molecular flexibility index (Phi) is 3.19. The van der Waals surface area contributed by atoms with Crippen molar-refractivity contribution < 1.29 is 4.79 Å². The fourth-order valence-electron chi connectivity index (χ4n) is 2.44. The van der Waals surface area contributed by atoms with Crippen LogP contribution in [0, 0.1) is 0 Å². The van der Waals surface area contributed by atoms with Gasteiger partial charge in [-0.05, 0) is 31.9 Å². The molecule has 1 aliphatic heterocycles. The second-order valence-corrected chi connectivity index (χ2v) is 4.92. The van der Waals surface area contributed by atoms with Crippen molar-refractivity contribution >= 4 is 29.0 Å². The van der Waals surface area contributed by atoms with Gasteiger partial charge in [-0.15, -0.1) is 0 Å². The van der Waals surface area contributed by atoms with Crippen molar-refractivity contribution in [1.29, 1.82) is 0 Å². The van der Waals surface area contributed by atoms with E-state index in [1.165, 1.54) is 0 Å². The maximum absolute atomic E-state index is 12.5. The summed E-state index contributed by atoms with van der Waals surface area (Å²) in [7, 11) is 1.75. The predicted octanol–water partition coefficient (Wildman–Crippen LogP) is 2.10. The molecule has 1 aliphatic rings. The van der Waals surface area contributed by atoms with Gasteiger partial charge in [0.2, 0.25) is 5.28 Å². The Hall–Kier alpha value is -1.36. The molecule has 0 saturated heterocycles. The summed E-state index contributed by atoms with van der Waals surface area (Å²) < 4.78 is 0. The lowest BCUT2D eigenvalue weighted by Gasteiger charge is -2.46. The first-order chi connectivity index (χ1) is 8.45. The molecule has 98 valence electrons. The highest BCUT2D eigenvalue weighted by atomic mass is 35.5. The van der Waals surface area contributed by atoms with E-state index in [0.29, 0.717) is 18.7 Å². The molecule has 1 atom stereocenters. The van der Waals surface area contributed by atoms with Crippen LogP contribution in [0.25, 0.3) is 0 Å². The molecule has 1 aromatic heterocycles. The van der Waals surface area contributed by atoms with E-state index in [1.54, 1.807) is 18.1 Å². The lowest BCUT2D eigenvalue weighted by molar-refractivity contribution is -0.123. The third-order valence-electron chi connectivity index (χ3n) is 3.70. The molecule has 6 heteroatoms. The first-order valence-electron chi connectivity index (χ1n) is 6.04. The van der Waals surface area contributed by atoms with Crippen LogP contribution in [0.4, 0.5) is 11.5 Å². The summed E-state index contributed by atoms with van der Waals surface area (Å²) in [5.41, 5.74) is 0.131. The summed E-state index contributed by atoms with van der Waals surface area (Å²) in [5, 5.41) is 0.202. The smallest absolute Gasteiger partial charge is 0.252 e. The number of likely N-dealkylation sites (N-methyl/N-ethyl adjacent to an activating group) is 2. The fraction of sp³-hybridized carbons (Fsp3) is 0.583. The number of carbonyl (C=O) groups excluding carboxylic acids is 1. The Morgan fingerprint density at radius 3 is 2.67 bits per heavy atom. The lowest BCUT2D eigenvalue weighted by Crippen LogP contribution is -2.61. The van der Waals surface area contributed by atoms with E-state index < -0.39 is 5.54 Å². The van der Waals surface area contributed by atoms with E-state index in [9.17, 15) is 4.79 Å². The van der Waals surface area contributed by atoms with Crippen LogP contribution in [0.3, 0.4) is 0 Å². The molecule has 0 aromatic carbocycles. The van der Waals surface area contributed by atoms with E-state index in [0.717, 1.165) is 5.82 Å². The van der Waals surface area contributed by atoms with E-state index >= 15 is 0 Å². The molecule has 0 saturated carbocycles. The molecule has 5 nitrogen and oxygen atoms in total. The molecule has 0 N–H and O–H groups in total. The van der Waals surface area contributed by atoms with E-state index in [4.69, 9.17) is 11.6 Å². The second kappa shape index (κ2) is 4.39. The number of carbonyl (C=O) groups is 1. The number of hydrogen-bond donors (Lipinski definition) is 0. The number of fused-ring (bicyclic) bond motifs is 1. The average Bonchev–Trinajstić information content (AvgIpc) is 2.36. The van der Waals surface area contributed by atoms with Gasteiger partial charge in [-0.25, -0.2) is 4.98 Å². The van der Waals surface area contributed by atoms with E-state index in [-0.39, 0.29) is 11.2 Å². The molecule has 0 unspecified atom stereocenters. The van der Waals surface area contributed by atoms with Gasteiger partial charge in [0.15, 0.2) is 5.82 Å². The molecular formula is C12H17ClN4O. The van der Waals surface area contributed by atoms with Crippen LogP contribution in [0.2, 0.25) is 5.28 Å². The molecule has 0 bridgehead atoms. The van der Waals surface area contributed by atoms with Gasteiger partial charge in [-0.3, -0.25) is 4.79 Å². The number of nitrogens with zero attached hydrogens (tertiary/aromatic N) is 4. The number of amides is 1. The molecule has 0 radical (unpaired) electrons. The zero-order valence-corrected chi connectivity index (χ0v) is 11.8. The Labute approximate surface area is 112 Å². The molecule has 1 amide bonds. The van der Waals surface area contributed by atoms with E-state index in [1.807, 2.05) is 25.7 Å². The van der Waals surface area contributed by atoms with Gasteiger partial charge in [-0.1, -0.05) is 6.92 Å². The number of rotatable bonds is 2. The molecule has 1 aromatic rings.